The molecule has 6 heteroatoms. The normalized spacial score (nSPS) is 21.9. The van der Waals surface area contributed by atoms with E-state index >= 15 is 0 Å². The minimum Gasteiger partial charge on any atom is -0.392 e. The molecule has 1 aliphatic rings. The van der Waals surface area contributed by atoms with Gasteiger partial charge in [-0.3, -0.25) is 0 Å². The summed E-state index contributed by atoms with van der Waals surface area (Å²) in [6.07, 6.45) is 0.792. The molecule has 1 atom stereocenters. The van der Waals surface area contributed by atoms with E-state index in [4.69, 9.17) is 5.11 Å². The summed E-state index contributed by atoms with van der Waals surface area (Å²) in [5.41, 5.74) is -0.0414. The Balaban J connectivity index is 2.25. The summed E-state index contributed by atoms with van der Waals surface area (Å²) in [5.74, 6) is -0.608. The number of rotatable bonds is 4. The maximum absolute atomic E-state index is 13.2. The van der Waals surface area contributed by atoms with Gasteiger partial charge < -0.3 is 5.11 Å². The minimum absolute atomic E-state index is 0.0179. The van der Waals surface area contributed by atoms with Gasteiger partial charge in [-0.15, -0.1) is 0 Å². The monoisotopic (exact) mass is 273 g/mol. The molecule has 0 heterocycles. The van der Waals surface area contributed by atoms with Crippen LogP contribution in [0.25, 0.3) is 0 Å². The summed E-state index contributed by atoms with van der Waals surface area (Å²) in [7, 11) is -3.65. The van der Waals surface area contributed by atoms with Gasteiger partial charge in [-0.1, -0.05) is 13.8 Å². The number of sulfonamides is 1. The summed E-state index contributed by atoms with van der Waals surface area (Å²) in [6.45, 7) is 3.43. The molecule has 1 saturated carbocycles. The van der Waals surface area contributed by atoms with E-state index in [1.54, 1.807) is 0 Å². The number of benzene rings is 1. The molecule has 2 rings (SSSR count). The number of aliphatic hydroxyl groups is 1. The average Bonchev–Trinajstić information content (AvgIpc) is 2.85. The maximum Gasteiger partial charge on any atom is 0.240 e. The molecular formula is C12H16FNO3S. The van der Waals surface area contributed by atoms with Crippen LogP contribution in [0, 0.1) is 11.2 Å². The van der Waals surface area contributed by atoms with Crippen molar-refractivity contribution in [1.29, 1.82) is 0 Å². The summed E-state index contributed by atoms with van der Waals surface area (Å²) < 4.78 is 39.8. The molecule has 0 amide bonds. The summed E-state index contributed by atoms with van der Waals surface area (Å²) >= 11 is 0. The smallest absolute Gasteiger partial charge is 0.240 e. The Labute approximate surface area is 106 Å². The molecule has 1 fully saturated rings. The van der Waals surface area contributed by atoms with Crippen molar-refractivity contribution in [1.82, 2.24) is 4.72 Å². The largest absolute Gasteiger partial charge is 0.392 e. The molecule has 4 nitrogen and oxygen atoms in total. The molecule has 100 valence electrons. The van der Waals surface area contributed by atoms with Crippen molar-refractivity contribution in [3.8, 4) is 0 Å². The maximum atomic E-state index is 13.2. The highest BCUT2D eigenvalue weighted by atomic mass is 32.2. The highest BCUT2D eigenvalue weighted by Gasteiger charge is 2.47. The van der Waals surface area contributed by atoms with Crippen LogP contribution >= 0.6 is 0 Å². The van der Waals surface area contributed by atoms with Crippen LogP contribution in [-0.2, 0) is 16.6 Å². The second kappa shape index (κ2) is 4.29. The second-order valence-electron chi connectivity index (χ2n) is 5.28. The Morgan fingerprint density at radius 3 is 2.61 bits per heavy atom. The fraction of sp³-hybridized carbons (Fsp3) is 0.500. The first-order valence-corrected chi connectivity index (χ1v) is 7.16. The molecule has 0 aromatic heterocycles. The standard InChI is InChI=1S/C12H16FNO3S/c1-12(2)6-11(12)14-18(16,17)9-3-4-10(13)8(5-9)7-15/h3-5,11,14-15H,6-7H2,1-2H3. The molecule has 0 saturated heterocycles. The molecule has 1 aromatic carbocycles. The minimum atomic E-state index is -3.65. The van der Waals surface area contributed by atoms with Gasteiger partial charge in [0.25, 0.3) is 0 Å². The van der Waals surface area contributed by atoms with Crippen molar-refractivity contribution in [2.75, 3.05) is 0 Å². The first-order valence-electron chi connectivity index (χ1n) is 5.68. The van der Waals surface area contributed by atoms with Gasteiger partial charge in [0.15, 0.2) is 0 Å². The van der Waals surface area contributed by atoms with E-state index in [1.165, 1.54) is 6.07 Å². The van der Waals surface area contributed by atoms with Gasteiger partial charge in [-0.25, -0.2) is 17.5 Å². The lowest BCUT2D eigenvalue weighted by molar-refractivity contribution is 0.275. The van der Waals surface area contributed by atoms with Crippen LogP contribution < -0.4 is 4.72 Å². The van der Waals surface area contributed by atoms with Gasteiger partial charge in [-0.2, -0.15) is 0 Å². The zero-order valence-electron chi connectivity index (χ0n) is 10.3. The van der Waals surface area contributed by atoms with Crippen molar-refractivity contribution >= 4 is 10.0 Å². The van der Waals surface area contributed by atoms with Crippen molar-refractivity contribution in [3.63, 3.8) is 0 Å². The predicted octanol–water partition coefficient (Wildman–Crippen LogP) is 1.39. The molecule has 0 aliphatic heterocycles. The van der Waals surface area contributed by atoms with Crippen LogP contribution in [0.4, 0.5) is 4.39 Å². The first-order chi connectivity index (χ1) is 8.26. The van der Waals surface area contributed by atoms with E-state index in [-0.39, 0.29) is 21.9 Å². The third kappa shape index (κ3) is 2.55. The van der Waals surface area contributed by atoms with Gasteiger partial charge in [0.05, 0.1) is 11.5 Å². The van der Waals surface area contributed by atoms with E-state index in [0.717, 1.165) is 18.6 Å². The lowest BCUT2D eigenvalue weighted by Gasteiger charge is -2.09. The number of aliphatic hydroxyl groups excluding tert-OH is 1. The van der Waals surface area contributed by atoms with Gasteiger partial charge in [0.1, 0.15) is 5.82 Å². The summed E-state index contributed by atoms with van der Waals surface area (Å²) in [6, 6.07) is 3.34. The topological polar surface area (TPSA) is 66.4 Å². The quantitative estimate of drug-likeness (QED) is 0.871. The number of halogens is 1. The molecule has 1 aliphatic carbocycles. The lowest BCUT2D eigenvalue weighted by Crippen LogP contribution is -2.28. The summed E-state index contributed by atoms with van der Waals surface area (Å²) in [4.78, 5) is -0.0179. The van der Waals surface area contributed by atoms with Crippen molar-refractivity contribution < 1.29 is 17.9 Å². The SMILES string of the molecule is CC1(C)CC1NS(=O)(=O)c1ccc(F)c(CO)c1. The van der Waals surface area contributed by atoms with Gasteiger partial charge in [0.2, 0.25) is 10.0 Å². The van der Waals surface area contributed by atoms with E-state index in [9.17, 15) is 12.8 Å². The molecule has 0 radical (unpaired) electrons. The van der Waals surface area contributed by atoms with Crippen molar-refractivity contribution in [3.05, 3.63) is 29.6 Å². The van der Waals surface area contributed by atoms with Crippen LogP contribution in [0.1, 0.15) is 25.8 Å². The predicted molar refractivity (Wildman–Crippen MR) is 64.8 cm³/mol. The highest BCUT2D eigenvalue weighted by Crippen LogP contribution is 2.45. The van der Waals surface area contributed by atoms with E-state index in [0.29, 0.717) is 0 Å². The van der Waals surface area contributed by atoms with Crippen LogP contribution in [0.5, 0.6) is 0 Å². The molecular weight excluding hydrogens is 257 g/mol. The third-order valence-corrected chi connectivity index (χ3v) is 4.78. The van der Waals surface area contributed by atoms with Gasteiger partial charge in [0, 0.05) is 11.6 Å². The Bertz CT molecular complexity index is 569. The van der Waals surface area contributed by atoms with Gasteiger partial charge in [-0.05, 0) is 30.0 Å². The fourth-order valence-electron chi connectivity index (χ4n) is 1.76. The lowest BCUT2D eigenvalue weighted by atomic mass is 10.2. The van der Waals surface area contributed by atoms with Crippen LogP contribution in [0.15, 0.2) is 23.1 Å². The van der Waals surface area contributed by atoms with E-state index in [1.807, 2.05) is 13.8 Å². The van der Waals surface area contributed by atoms with Crippen LogP contribution in [0.3, 0.4) is 0 Å². The molecule has 0 bridgehead atoms. The fourth-order valence-corrected chi connectivity index (χ4v) is 3.22. The average molecular weight is 273 g/mol. The Kier molecular flexibility index (Phi) is 3.21. The Morgan fingerprint density at radius 2 is 2.11 bits per heavy atom. The molecule has 18 heavy (non-hydrogen) atoms. The zero-order chi connectivity index (χ0) is 13.6. The van der Waals surface area contributed by atoms with Crippen LogP contribution in [-0.4, -0.2) is 19.6 Å². The third-order valence-electron chi connectivity index (χ3n) is 3.31. The van der Waals surface area contributed by atoms with E-state index < -0.39 is 22.4 Å². The number of nitrogens with one attached hydrogen (secondary N) is 1. The molecule has 0 spiro atoms. The van der Waals surface area contributed by atoms with Crippen LogP contribution in [0.2, 0.25) is 0 Å². The second-order valence-corrected chi connectivity index (χ2v) is 6.99. The molecule has 2 N–H and O–H groups in total. The Hall–Kier alpha value is -0.980. The van der Waals surface area contributed by atoms with Crippen molar-refractivity contribution in [2.24, 2.45) is 5.41 Å². The molecule has 1 unspecified atom stereocenters. The number of hydrogen-bond acceptors (Lipinski definition) is 3. The van der Waals surface area contributed by atoms with E-state index in [2.05, 4.69) is 4.72 Å². The Morgan fingerprint density at radius 1 is 1.50 bits per heavy atom. The molecule has 1 aromatic rings. The first kappa shape index (κ1) is 13.5. The highest BCUT2D eigenvalue weighted by molar-refractivity contribution is 7.89. The number of hydrogen-bond donors (Lipinski definition) is 2. The zero-order valence-corrected chi connectivity index (χ0v) is 11.1. The summed E-state index contributed by atoms with van der Waals surface area (Å²) in [5, 5.41) is 8.93. The van der Waals surface area contributed by atoms with Gasteiger partial charge >= 0.3 is 0 Å². The van der Waals surface area contributed by atoms with Crippen molar-refractivity contribution in [2.45, 2.75) is 37.8 Å².